The van der Waals surface area contributed by atoms with Crippen LogP contribution in [-0.4, -0.2) is 32.0 Å². The Morgan fingerprint density at radius 3 is 2.68 bits per heavy atom. The Morgan fingerprint density at radius 2 is 1.96 bits per heavy atom. The number of ether oxygens (including phenoxy) is 1. The zero-order valence-electron chi connectivity index (χ0n) is 14.8. The number of hydrogen-bond acceptors (Lipinski definition) is 7. The van der Waals surface area contributed by atoms with Crippen LogP contribution in [0, 0.1) is 0 Å². The van der Waals surface area contributed by atoms with Gasteiger partial charge in [-0.25, -0.2) is 9.48 Å². The Morgan fingerprint density at radius 1 is 1.21 bits per heavy atom. The molecule has 0 fully saturated rings. The molecule has 28 heavy (non-hydrogen) atoms. The second-order valence-corrected chi connectivity index (χ2v) is 6.15. The molecule has 2 aromatic heterocycles. The average Bonchev–Trinajstić information content (AvgIpc) is 3.00. The molecule has 1 atom stereocenters. The zero-order valence-corrected chi connectivity index (χ0v) is 14.8. The number of phenols is 1. The van der Waals surface area contributed by atoms with E-state index in [-0.39, 0.29) is 40.2 Å². The van der Waals surface area contributed by atoms with Gasteiger partial charge in [-0.15, -0.1) is 0 Å². The molecule has 9 nitrogen and oxygen atoms in total. The van der Waals surface area contributed by atoms with Crippen molar-refractivity contribution in [1.29, 1.82) is 0 Å². The lowest BCUT2D eigenvalue weighted by atomic mass is 9.98. The molecule has 1 aromatic carbocycles. The molecule has 3 heterocycles. The molecule has 9 heteroatoms. The van der Waals surface area contributed by atoms with Gasteiger partial charge >= 0.3 is 5.97 Å². The second-order valence-electron chi connectivity index (χ2n) is 6.15. The van der Waals surface area contributed by atoms with Gasteiger partial charge in [-0.1, -0.05) is 18.2 Å². The Balaban J connectivity index is 2.14. The summed E-state index contributed by atoms with van der Waals surface area (Å²) < 4.78 is 7.07. The summed E-state index contributed by atoms with van der Waals surface area (Å²) in [5.74, 6) is -1.16. The smallest absolute Gasteiger partial charge is 0.340 e. The number of pyridine rings is 1. The number of nitrogens with two attached hydrogens (primary N) is 1. The maximum absolute atomic E-state index is 13.2. The van der Waals surface area contributed by atoms with E-state index in [1.807, 2.05) is 0 Å². The van der Waals surface area contributed by atoms with Gasteiger partial charge in [0.25, 0.3) is 11.1 Å². The lowest BCUT2D eigenvalue weighted by molar-refractivity contribution is -0.138. The number of rotatable bonds is 3. The summed E-state index contributed by atoms with van der Waals surface area (Å²) >= 11 is 0. The topological polar surface area (TPSA) is 129 Å². The number of hydrogen-bond donors (Lipinski definition) is 2. The van der Waals surface area contributed by atoms with Crippen LogP contribution < -0.4 is 16.9 Å². The van der Waals surface area contributed by atoms with E-state index in [2.05, 4.69) is 4.98 Å². The van der Waals surface area contributed by atoms with Crippen LogP contribution >= 0.6 is 0 Å². The predicted molar refractivity (Wildman–Crippen MR) is 101 cm³/mol. The summed E-state index contributed by atoms with van der Waals surface area (Å²) in [5.41, 5.74) is 4.99. The van der Waals surface area contributed by atoms with Crippen molar-refractivity contribution >= 4 is 22.7 Å². The van der Waals surface area contributed by atoms with Crippen LogP contribution in [0.15, 0.2) is 57.8 Å². The monoisotopic (exact) mass is 380 g/mol. The third kappa shape index (κ3) is 2.33. The number of fused-ring (bicyclic) bond motifs is 2. The van der Waals surface area contributed by atoms with E-state index >= 15 is 0 Å². The fraction of sp³-hybridized carbons (Fsp3) is 0.158. The third-order valence-corrected chi connectivity index (χ3v) is 4.61. The highest BCUT2D eigenvalue weighted by Gasteiger charge is 2.40. The maximum Gasteiger partial charge on any atom is 0.340 e. The molecule has 3 N–H and O–H groups in total. The largest absolute Gasteiger partial charge is 0.508 e. The number of aromatic hydroxyl groups is 1. The molecule has 0 radical (unpaired) electrons. The summed E-state index contributed by atoms with van der Waals surface area (Å²) in [4.78, 5) is 42.8. The molecule has 0 saturated heterocycles. The Bertz CT molecular complexity index is 1270. The minimum absolute atomic E-state index is 0.0622. The normalized spacial score (nSPS) is 15.7. The van der Waals surface area contributed by atoms with Crippen molar-refractivity contribution in [3.05, 3.63) is 74.4 Å². The number of aromatic nitrogens is 3. The molecule has 0 saturated carbocycles. The maximum atomic E-state index is 13.2. The van der Waals surface area contributed by atoms with Gasteiger partial charge in [0.05, 0.1) is 12.0 Å². The van der Waals surface area contributed by atoms with E-state index in [0.29, 0.717) is 0 Å². The van der Waals surface area contributed by atoms with Gasteiger partial charge in [-0.3, -0.25) is 14.6 Å². The van der Waals surface area contributed by atoms with Crippen LogP contribution in [0.4, 0.5) is 0 Å². The van der Waals surface area contributed by atoms with Gasteiger partial charge in [0.1, 0.15) is 28.7 Å². The number of carbonyl (C=O) groups excluding carboxylic acids is 1. The molecule has 4 rings (SSSR count). The van der Waals surface area contributed by atoms with Gasteiger partial charge in [0.15, 0.2) is 0 Å². The molecule has 0 spiro atoms. The average molecular weight is 380 g/mol. The standard InChI is InChI=1S/C19H16N4O5/c1-2-28-19(27)13-15(10-6-3-4-8-12(10)24)22-17(25)11-7-5-9-21-14(11)18(26)23(22)16(13)20/h3-9,15,24H,2,20H2,1H3. The quantitative estimate of drug-likeness (QED) is 0.635. The first-order valence-corrected chi connectivity index (χ1v) is 8.55. The number of carbonyl (C=O) groups is 1. The van der Waals surface area contributed by atoms with Crippen LogP contribution in [0.5, 0.6) is 5.75 Å². The fourth-order valence-corrected chi connectivity index (χ4v) is 3.43. The van der Waals surface area contributed by atoms with Gasteiger partial charge in [-0.2, -0.15) is 4.68 Å². The fourth-order valence-electron chi connectivity index (χ4n) is 3.43. The number of esters is 1. The van der Waals surface area contributed by atoms with Crippen molar-refractivity contribution in [1.82, 2.24) is 14.3 Å². The predicted octanol–water partition coefficient (Wildman–Crippen LogP) is 0.557. The Kier molecular flexibility index (Phi) is 3.99. The van der Waals surface area contributed by atoms with Crippen molar-refractivity contribution in [2.24, 2.45) is 5.73 Å². The SMILES string of the molecule is CCOC(=O)C1=C(N)n2c(=O)c3ncccc3c(=O)n2C1c1ccccc1O. The third-order valence-electron chi connectivity index (χ3n) is 4.61. The molecule has 0 bridgehead atoms. The molecular formula is C19H16N4O5. The van der Waals surface area contributed by atoms with Crippen molar-refractivity contribution in [2.75, 3.05) is 6.61 Å². The summed E-state index contributed by atoms with van der Waals surface area (Å²) in [6, 6.07) is 8.10. The van der Waals surface area contributed by atoms with E-state index in [9.17, 15) is 19.5 Å². The van der Waals surface area contributed by atoms with Crippen LogP contribution in [-0.2, 0) is 9.53 Å². The lowest BCUT2D eigenvalue weighted by Crippen LogP contribution is -2.38. The molecule has 0 amide bonds. The van der Waals surface area contributed by atoms with Crippen molar-refractivity contribution < 1.29 is 14.6 Å². The van der Waals surface area contributed by atoms with Gasteiger partial charge in [0.2, 0.25) is 0 Å². The van der Waals surface area contributed by atoms with Gasteiger partial charge in [0, 0.05) is 11.8 Å². The van der Waals surface area contributed by atoms with E-state index in [1.54, 1.807) is 25.1 Å². The second kappa shape index (κ2) is 6.38. The highest BCUT2D eigenvalue weighted by molar-refractivity contribution is 5.97. The minimum Gasteiger partial charge on any atom is -0.508 e. The van der Waals surface area contributed by atoms with Crippen LogP contribution in [0.3, 0.4) is 0 Å². The van der Waals surface area contributed by atoms with Crippen molar-refractivity contribution in [3.63, 3.8) is 0 Å². The zero-order chi connectivity index (χ0) is 20.0. The highest BCUT2D eigenvalue weighted by atomic mass is 16.5. The number of phenolic OH excluding ortho intramolecular Hbond substituents is 1. The summed E-state index contributed by atoms with van der Waals surface area (Å²) in [5, 5.41) is 10.4. The van der Waals surface area contributed by atoms with Crippen LogP contribution in [0.1, 0.15) is 18.5 Å². The summed E-state index contributed by atoms with van der Waals surface area (Å²) in [6.45, 7) is 1.70. The van der Waals surface area contributed by atoms with Crippen molar-refractivity contribution in [3.8, 4) is 5.75 Å². The van der Waals surface area contributed by atoms with Crippen LogP contribution in [0.25, 0.3) is 16.7 Å². The summed E-state index contributed by atoms with van der Waals surface area (Å²) in [7, 11) is 0. The van der Waals surface area contributed by atoms with Crippen LogP contribution in [0.2, 0.25) is 0 Å². The molecular weight excluding hydrogens is 364 g/mol. The lowest BCUT2D eigenvalue weighted by Gasteiger charge is -2.18. The van der Waals surface area contributed by atoms with Gasteiger partial charge < -0.3 is 15.6 Å². The summed E-state index contributed by atoms with van der Waals surface area (Å²) in [6.07, 6.45) is 1.39. The van der Waals surface area contributed by atoms with E-state index in [4.69, 9.17) is 10.5 Å². The Labute approximate surface area is 157 Å². The Hall–Kier alpha value is -3.88. The van der Waals surface area contributed by atoms with E-state index < -0.39 is 23.1 Å². The molecule has 1 unspecified atom stereocenters. The molecule has 142 valence electrons. The first-order chi connectivity index (χ1) is 13.5. The van der Waals surface area contributed by atoms with E-state index in [1.165, 1.54) is 24.4 Å². The molecule has 1 aliphatic heterocycles. The first kappa shape index (κ1) is 17.5. The number of benzene rings is 1. The number of para-hydroxylation sites is 1. The van der Waals surface area contributed by atoms with E-state index in [0.717, 1.165) is 9.36 Å². The first-order valence-electron chi connectivity index (χ1n) is 8.55. The molecule has 3 aromatic rings. The molecule has 0 aliphatic carbocycles. The van der Waals surface area contributed by atoms with Crippen molar-refractivity contribution in [2.45, 2.75) is 13.0 Å². The minimum atomic E-state index is -1.12. The number of nitrogens with zero attached hydrogens (tertiary/aromatic N) is 3. The highest BCUT2D eigenvalue weighted by Crippen LogP contribution is 2.37. The van der Waals surface area contributed by atoms with Gasteiger partial charge in [-0.05, 0) is 25.1 Å². The molecule has 1 aliphatic rings.